The smallest absolute Gasteiger partial charge is 0.471 e. The second-order valence-corrected chi connectivity index (χ2v) is 6.19. The summed E-state index contributed by atoms with van der Waals surface area (Å²) >= 11 is 1.49. The van der Waals surface area contributed by atoms with Crippen LogP contribution in [-0.4, -0.2) is 31.2 Å². The van der Waals surface area contributed by atoms with Crippen LogP contribution in [0.5, 0.6) is 5.75 Å². The minimum Gasteiger partial charge on any atom is -0.496 e. The Bertz CT molecular complexity index is 879. The maximum atomic E-state index is 12.3. The van der Waals surface area contributed by atoms with Crippen molar-refractivity contribution in [1.29, 1.82) is 0 Å². The van der Waals surface area contributed by atoms with Crippen LogP contribution in [-0.2, 0) is 4.79 Å². The van der Waals surface area contributed by atoms with Crippen molar-refractivity contribution in [2.45, 2.75) is 11.1 Å². The number of thioether (sulfide) groups is 1. The number of benzene rings is 2. The highest BCUT2D eigenvalue weighted by Gasteiger charge is 2.38. The molecule has 142 valence electrons. The molecule has 2 aromatic rings. The van der Waals surface area contributed by atoms with Crippen molar-refractivity contribution >= 4 is 35.2 Å². The molecule has 0 heterocycles. The first-order valence-electron chi connectivity index (χ1n) is 7.67. The maximum Gasteiger partial charge on any atom is 0.471 e. The van der Waals surface area contributed by atoms with Gasteiger partial charge >= 0.3 is 12.1 Å². The highest BCUT2D eigenvalue weighted by molar-refractivity contribution is 7.98. The standard InChI is InChI=1S/C19H16F3NO3S/c1-26-16-11-13(7-9-17(16)27-2)15(24)8-6-12-4-3-5-14(10-12)23-18(25)19(20,21)22/h3-11H,1-2H3,(H,23,25)/b8-6+. The van der Waals surface area contributed by atoms with E-state index < -0.39 is 12.1 Å². The highest BCUT2D eigenvalue weighted by Crippen LogP contribution is 2.28. The fourth-order valence-corrected chi connectivity index (χ4v) is 2.73. The summed E-state index contributed by atoms with van der Waals surface area (Å²) in [7, 11) is 1.51. The van der Waals surface area contributed by atoms with Gasteiger partial charge in [0.2, 0.25) is 0 Å². The number of carbonyl (C=O) groups is 2. The molecule has 1 N–H and O–H groups in total. The van der Waals surface area contributed by atoms with Crippen LogP contribution in [0, 0.1) is 0 Å². The quantitative estimate of drug-likeness (QED) is 0.433. The molecule has 0 bridgehead atoms. The van der Waals surface area contributed by atoms with Gasteiger partial charge in [0, 0.05) is 16.1 Å². The lowest BCUT2D eigenvalue weighted by atomic mass is 10.1. The van der Waals surface area contributed by atoms with Crippen molar-refractivity contribution in [1.82, 2.24) is 0 Å². The van der Waals surface area contributed by atoms with Crippen LogP contribution in [0.2, 0.25) is 0 Å². The fraction of sp³-hybridized carbons (Fsp3) is 0.158. The second kappa shape index (κ2) is 8.77. The minimum absolute atomic E-state index is 0.0158. The highest BCUT2D eigenvalue weighted by atomic mass is 32.2. The second-order valence-electron chi connectivity index (χ2n) is 5.34. The molecule has 0 fully saturated rings. The Morgan fingerprint density at radius 2 is 1.89 bits per heavy atom. The molecule has 0 radical (unpaired) electrons. The van der Waals surface area contributed by atoms with E-state index in [2.05, 4.69) is 0 Å². The topological polar surface area (TPSA) is 55.4 Å². The van der Waals surface area contributed by atoms with Crippen LogP contribution >= 0.6 is 11.8 Å². The zero-order valence-electron chi connectivity index (χ0n) is 14.5. The van der Waals surface area contributed by atoms with Gasteiger partial charge in [0.05, 0.1) is 7.11 Å². The summed E-state index contributed by atoms with van der Waals surface area (Å²) in [6.45, 7) is 0. The van der Waals surface area contributed by atoms with E-state index in [1.807, 2.05) is 6.26 Å². The number of methoxy groups -OCH3 is 1. The summed E-state index contributed by atoms with van der Waals surface area (Å²) in [5.41, 5.74) is 0.872. The van der Waals surface area contributed by atoms with Crippen LogP contribution in [0.3, 0.4) is 0 Å². The first-order valence-corrected chi connectivity index (χ1v) is 8.89. The van der Waals surface area contributed by atoms with Gasteiger partial charge in [-0.1, -0.05) is 18.2 Å². The van der Waals surface area contributed by atoms with Crippen molar-refractivity contribution in [3.8, 4) is 5.75 Å². The number of ketones is 1. The number of hydrogen-bond donors (Lipinski definition) is 1. The van der Waals surface area contributed by atoms with Gasteiger partial charge in [-0.2, -0.15) is 13.2 Å². The van der Waals surface area contributed by atoms with Crippen LogP contribution in [0.25, 0.3) is 6.08 Å². The average Bonchev–Trinajstić information content (AvgIpc) is 2.65. The molecule has 27 heavy (non-hydrogen) atoms. The number of anilines is 1. The van der Waals surface area contributed by atoms with Gasteiger partial charge in [0.25, 0.3) is 0 Å². The van der Waals surface area contributed by atoms with Crippen LogP contribution in [0.1, 0.15) is 15.9 Å². The van der Waals surface area contributed by atoms with Gasteiger partial charge in [-0.3, -0.25) is 9.59 Å². The summed E-state index contributed by atoms with van der Waals surface area (Å²) in [5.74, 6) is -1.76. The molecule has 2 rings (SSSR count). The Balaban J connectivity index is 2.15. The third-order valence-electron chi connectivity index (χ3n) is 3.50. The molecular formula is C19H16F3NO3S. The number of ether oxygens (including phenoxy) is 1. The summed E-state index contributed by atoms with van der Waals surface area (Å²) in [5, 5.41) is 1.77. The van der Waals surface area contributed by atoms with Crippen molar-refractivity contribution in [3.05, 3.63) is 59.7 Å². The van der Waals surface area contributed by atoms with Crippen LogP contribution < -0.4 is 10.1 Å². The normalized spacial score (nSPS) is 11.4. The van der Waals surface area contributed by atoms with Crippen molar-refractivity contribution < 1.29 is 27.5 Å². The first-order chi connectivity index (χ1) is 12.7. The van der Waals surface area contributed by atoms with E-state index in [9.17, 15) is 22.8 Å². The number of allylic oxidation sites excluding steroid dienone is 1. The van der Waals surface area contributed by atoms with Crippen molar-refractivity contribution in [2.75, 3.05) is 18.7 Å². The van der Waals surface area contributed by atoms with Gasteiger partial charge in [-0.05, 0) is 48.2 Å². The number of rotatable bonds is 6. The monoisotopic (exact) mass is 395 g/mol. The molecule has 0 aliphatic heterocycles. The molecule has 1 amide bonds. The van der Waals surface area contributed by atoms with E-state index in [1.54, 1.807) is 29.6 Å². The molecule has 0 aromatic heterocycles. The Hall–Kier alpha value is -2.74. The number of alkyl halides is 3. The Labute approximate surface area is 158 Å². The minimum atomic E-state index is -4.97. The molecule has 0 unspecified atom stereocenters. The Morgan fingerprint density at radius 3 is 2.52 bits per heavy atom. The molecule has 0 aliphatic rings. The lowest BCUT2D eigenvalue weighted by Gasteiger charge is -2.08. The predicted octanol–water partition coefficient (Wildman–Crippen LogP) is 4.81. The molecule has 0 spiro atoms. The molecule has 0 saturated heterocycles. The average molecular weight is 395 g/mol. The maximum absolute atomic E-state index is 12.3. The lowest BCUT2D eigenvalue weighted by molar-refractivity contribution is -0.167. The first kappa shape index (κ1) is 20.6. The molecule has 0 atom stereocenters. The third-order valence-corrected chi connectivity index (χ3v) is 4.27. The zero-order valence-corrected chi connectivity index (χ0v) is 15.3. The van der Waals surface area contributed by atoms with Gasteiger partial charge in [0.15, 0.2) is 5.78 Å². The Kier molecular flexibility index (Phi) is 6.68. The number of hydrogen-bond acceptors (Lipinski definition) is 4. The van der Waals surface area contributed by atoms with Gasteiger partial charge in [-0.15, -0.1) is 11.8 Å². The molecule has 2 aromatic carbocycles. The summed E-state index contributed by atoms with van der Waals surface area (Å²) in [6, 6.07) is 10.8. The van der Waals surface area contributed by atoms with Crippen molar-refractivity contribution in [2.24, 2.45) is 0 Å². The third kappa shape index (κ3) is 5.62. The molecule has 8 heteroatoms. The largest absolute Gasteiger partial charge is 0.496 e. The summed E-state index contributed by atoms with van der Waals surface area (Å²) < 4.78 is 42.2. The van der Waals surface area contributed by atoms with E-state index in [4.69, 9.17) is 4.74 Å². The molecule has 0 aliphatic carbocycles. The number of carbonyl (C=O) groups excluding carboxylic acids is 2. The molecular weight excluding hydrogens is 379 g/mol. The van der Waals surface area contributed by atoms with Crippen molar-refractivity contribution in [3.63, 3.8) is 0 Å². The molecule has 4 nitrogen and oxygen atoms in total. The number of halogens is 3. The summed E-state index contributed by atoms with van der Waals surface area (Å²) in [6.07, 6.45) is -0.313. The lowest BCUT2D eigenvalue weighted by Crippen LogP contribution is -2.29. The van der Waals surface area contributed by atoms with Gasteiger partial charge in [-0.25, -0.2) is 0 Å². The van der Waals surface area contributed by atoms with Crippen LogP contribution in [0.15, 0.2) is 53.4 Å². The Morgan fingerprint density at radius 1 is 1.15 bits per heavy atom. The number of nitrogens with one attached hydrogen (secondary N) is 1. The predicted molar refractivity (Wildman–Crippen MR) is 99.3 cm³/mol. The zero-order chi connectivity index (χ0) is 20.0. The SMILES string of the molecule is COc1cc(C(=O)/C=C/c2cccc(NC(=O)C(F)(F)F)c2)ccc1SC. The molecule has 0 saturated carbocycles. The van der Waals surface area contributed by atoms with E-state index in [-0.39, 0.29) is 11.5 Å². The van der Waals surface area contributed by atoms with E-state index in [1.165, 1.54) is 49.2 Å². The fourth-order valence-electron chi connectivity index (χ4n) is 2.18. The van der Waals surface area contributed by atoms with Gasteiger partial charge < -0.3 is 10.1 Å². The van der Waals surface area contributed by atoms with E-state index in [0.29, 0.717) is 16.9 Å². The number of amides is 1. The van der Waals surface area contributed by atoms with E-state index in [0.717, 1.165) is 4.90 Å². The van der Waals surface area contributed by atoms with E-state index >= 15 is 0 Å². The summed E-state index contributed by atoms with van der Waals surface area (Å²) in [4.78, 5) is 24.2. The van der Waals surface area contributed by atoms with Gasteiger partial charge in [0.1, 0.15) is 5.75 Å². The van der Waals surface area contributed by atoms with Crippen LogP contribution in [0.4, 0.5) is 18.9 Å².